The van der Waals surface area contributed by atoms with E-state index in [1.807, 2.05) is 13.0 Å². The number of halogens is 2. The Morgan fingerprint density at radius 2 is 2.10 bits per heavy atom. The number of amides is 1. The zero-order valence-electron chi connectivity index (χ0n) is 15.6. The van der Waals surface area contributed by atoms with Gasteiger partial charge >= 0.3 is 5.97 Å². The highest BCUT2D eigenvalue weighted by atomic mass is 32.1. The van der Waals surface area contributed by atoms with Crippen LogP contribution in [0.5, 0.6) is 5.75 Å². The van der Waals surface area contributed by atoms with Gasteiger partial charge in [0.15, 0.2) is 17.7 Å². The lowest BCUT2D eigenvalue weighted by atomic mass is 10.1. The molecule has 0 saturated carbocycles. The van der Waals surface area contributed by atoms with Gasteiger partial charge in [0.2, 0.25) is 0 Å². The summed E-state index contributed by atoms with van der Waals surface area (Å²) in [6.45, 7) is 1.91. The van der Waals surface area contributed by atoms with Crippen molar-refractivity contribution in [3.05, 3.63) is 52.5 Å². The molecule has 0 spiro atoms. The number of carbonyl (C=O) groups excluding carboxylic acids is 2. The molecule has 2 aromatic carbocycles. The quantitative estimate of drug-likeness (QED) is 0.604. The van der Waals surface area contributed by atoms with E-state index in [4.69, 9.17) is 4.74 Å². The van der Waals surface area contributed by atoms with Crippen molar-refractivity contribution in [3.63, 3.8) is 0 Å². The van der Waals surface area contributed by atoms with Crippen LogP contribution in [0.3, 0.4) is 0 Å². The number of aromatic nitrogens is 1. The zero-order valence-corrected chi connectivity index (χ0v) is 16.4. The molecule has 6 nitrogen and oxygen atoms in total. The highest BCUT2D eigenvalue weighted by molar-refractivity contribution is 7.18. The van der Waals surface area contributed by atoms with Crippen LogP contribution < -0.4 is 9.64 Å². The van der Waals surface area contributed by atoms with Gasteiger partial charge in [0.1, 0.15) is 10.8 Å². The van der Waals surface area contributed by atoms with Crippen molar-refractivity contribution in [2.24, 2.45) is 0 Å². The Labute approximate surface area is 168 Å². The first-order valence-electron chi connectivity index (χ1n) is 8.76. The molecule has 2 heterocycles. The molecule has 4 rings (SSSR count). The van der Waals surface area contributed by atoms with Crippen LogP contribution in [0.2, 0.25) is 0 Å². The minimum Gasteiger partial charge on any atom is -0.478 e. The van der Waals surface area contributed by atoms with E-state index >= 15 is 0 Å². The van der Waals surface area contributed by atoms with Crippen molar-refractivity contribution in [3.8, 4) is 5.75 Å². The van der Waals surface area contributed by atoms with E-state index in [-0.39, 0.29) is 17.7 Å². The lowest BCUT2D eigenvalue weighted by Crippen LogP contribution is -2.46. The van der Waals surface area contributed by atoms with Crippen molar-refractivity contribution in [2.45, 2.75) is 26.0 Å². The molecule has 0 aliphatic carbocycles. The van der Waals surface area contributed by atoms with E-state index in [2.05, 4.69) is 9.72 Å². The van der Waals surface area contributed by atoms with Crippen molar-refractivity contribution >= 4 is 39.1 Å². The third kappa shape index (κ3) is 3.53. The number of carbonyl (C=O) groups is 2. The van der Waals surface area contributed by atoms with E-state index in [0.717, 1.165) is 23.0 Å². The van der Waals surface area contributed by atoms with Gasteiger partial charge in [-0.05, 0) is 36.8 Å². The summed E-state index contributed by atoms with van der Waals surface area (Å²) in [5, 5.41) is 0.434. The number of rotatable bonds is 4. The molecule has 29 heavy (non-hydrogen) atoms. The number of hydrogen-bond donors (Lipinski definition) is 0. The molecule has 1 amide bonds. The van der Waals surface area contributed by atoms with Gasteiger partial charge in [0.05, 0.1) is 36.0 Å². The van der Waals surface area contributed by atoms with E-state index in [9.17, 15) is 18.4 Å². The van der Waals surface area contributed by atoms with Gasteiger partial charge in [-0.2, -0.15) is 0 Å². The first kappa shape index (κ1) is 19.3. The standard InChI is InChI=1S/C20H16F2N2O4S/c1-10-3-6-14-13(7-10)24(20(26)15(28-14)8-17(25)27-2)9-16-23-12-5-4-11(21)18(22)19(12)29-16/h3-7,15H,8-9H2,1-2H3. The summed E-state index contributed by atoms with van der Waals surface area (Å²) in [7, 11) is 1.24. The predicted molar refractivity (Wildman–Crippen MR) is 103 cm³/mol. The fourth-order valence-corrected chi connectivity index (χ4v) is 4.12. The fourth-order valence-electron chi connectivity index (χ4n) is 3.15. The van der Waals surface area contributed by atoms with Crippen LogP contribution in [0.25, 0.3) is 10.2 Å². The van der Waals surface area contributed by atoms with Gasteiger partial charge in [-0.25, -0.2) is 13.8 Å². The monoisotopic (exact) mass is 418 g/mol. The molecule has 0 fully saturated rings. The van der Waals surface area contributed by atoms with Crippen LogP contribution in [0.4, 0.5) is 14.5 Å². The minimum absolute atomic E-state index is 0.0384. The van der Waals surface area contributed by atoms with Crippen molar-refractivity contribution in [1.29, 1.82) is 0 Å². The highest BCUT2D eigenvalue weighted by Gasteiger charge is 2.36. The Morgan fingerprint density at radius 3 is 2.86 bits per heavy atom. The minimum atomic E-state index is -1.04. The van der Waals surface area contributed by atoms with Gasteiger partial charge < -0.3 is 9.47 Å². The van der Waals surface area contributed by atoms with E-state index < -0.39 is 29.6 Å². The molecule has 3 aromatic rings. The third-order valence-electron chi connectivity index (χ3n) is 4.58. The number of esters is 1. The lowest BCUT2D eigenvalue weighted by molar-refractivity contribution is -0.145. The maximum atomic E-state index is 14.0. The van der Waals surface area contributed by atoms with E-state index in [1.165, 1.54) is 18.1 Å². The number of nitrogens with zero attached hydrogens (tertiary/aromatic N) is 2. The summed E-state index contributed by atoms with van der Waals surface area (Å²) in [5.74, 6) is -2.47. The number of aryl methyl sites for hydroxylation is 1. The number of hydrogen-bond acceptors (Lipinski definition) is 6. The summed E-state index contributed by atoms with van der Waals surface area (Å²) in [6, 6.07) is 7.76. The Bertz CT molecular complexity index is 1130. The maximum Gasteiger partial charge on any atom is 0.309 e. The van der Waals surface area contributed by atoms with Crippen LogP contribution in [0.15, 0.2) is 30.3 Å². The van der Waals surface area contributed by atoms with Crippen LogP contribution in [0.1, 0.15) is 17.0 Å². The van der Waals surface area contributed by atoms with Gasteiger partial charge in [0, 0.05) is 0 Å². The summed E-state index contributed by atoms with van der Waals surface area (Å²) >= 11 is 0.980. The van der Waals surface area contributed by atoms with Gasteiger partial charge in [-0.3, -0.25) is 14.5 Å². The van der Waals surface area contributed by atoms with Crippen LogP contribution in [-0.4, -0.2) is 30.1 Å². The van der Waals surface area contributed by atoms with Crippen LogP contribution >= 0.6 is 11.3 Å². The third-order valence-corrected chi connectivity index (χ3v) is 5.63. The topological polar surface area (TPSA) is 68.7 Å². The Hall–Kier alpha value is -3.07. The zero-order chi connectivity index (χ0) is 20.7. The number of ether oxygens (including phenoxy) is 2. The molecule has 1 aliphatic heterocycles. The summed E-state index contributed by atoms with van der Waals surface area (Å²) in [6.07, 6.45) is -1.28. The number of fused-ring (bicyclic) bond motifs is 2. The molecule has 1 aliphatic rings. The summed E-state index contributed by atoms with van der Waals surface area (Å²) in [5.41, 5.74) is 1.76. The van der Waals surface area contributed by atoms with Crippen molar-refractivity contribution in [1.82, 2.24) is 4.98 Å². The van der Waals surface area contributed by atoms with Gasteiger partial charge in [-0.15, -0.1) is 11.3 Å². The number of methoxy groups -OCH3 is 1. The Kier molecular flexibility index (Phi) is 4.91. The average Bonchev–Trinajstić information content (AvgIpc) is 3.12. The normalized spacial score (nSPS) is 15.9. The van der Waals surface area contributed by atoms with Gasteiger partial charge in [-0.1, -0.05) is 6.07 Å². The lowest BCUT2D eigenvalue weighted by Gasteiger charge is -2.33. The molecule has 1 atom stereocenters. The molecule has 0 bridgehead atoms. The van der Waals surface area contributed by atoms with E-state index in [1.54, 1.807) is 12.1 Å². The first-order chi connectivity index (χ1) is 13.9. The highest BCUT2D eigenvalue weighted by Crippen LogP contribution is 2.37. The Balaban J connectivity index is 1.72. The molecule has 1 unspecified atom stereocenters. The van der Waals surface area contributed by atoms with Crippen LogP contribution in [-0.2, 0) is 20.9 Å². The summed E-state index contributed by atoms with van der Waals surface area (Å²) < 4.78 is 38.0. The molecular formula is C20H16F2N2O4S. The smallest absolute Gasteiger partial charge is 0.309 e. The summed E-state index contributed by atoms with van der Waals surface area (Å²) in [4.78, 5) is 30.5. The largest absolute Gasteiger partial charge is 0.478 e. The molecule has 0 saturated heterocycles. The molecular weight excluding hydrogens is 402 g/mol. The molecule has 0 N–H and O–H groups in total. The Morgan fingerprint density at radius 1 is 1.31 bits per heavy atom. The second-order valence-electron chi connectivity index (χ2n) is 6.60. The molecule has 0 radical (unpaired) electrons. The second-order valence-corrected chi connectivity index (χ2v) is 7.68. The maximum absolute atomic E-state index is 14.0. The van der Waals surface area contributed by atoms with Crippen molar-refractivity contribution in [2.75, 3.05) is 12.0 Å². The average molecular weight is 418 g/mol. The number of benzene rings is 2. The van der Waals surface area contributed by atoms with E-state index in [0.29, 0.717) is 22.0 Å². The van der Waals surface area contributed by atoms with Crippen molar-refractivity contribution < 1.29 is 27.8 Å². The molecule has 9 heteroatoms. The predicted octanol–water partition coefficient (Wildman–Crippen LogP) is 3.74. The molecule has 1 aromatic heterocycles. The molecule has 150 valence electrons. The number of anilines is 1. The second kappa shape index (κ2) is 7.40. The fraction of sp³-hybridized carbons (Fsp3) is 0.250. The van der Waals surface area contributed by atoms with Gasteiger partial charge in [0.25, 0.3) is 5.91 Å². The SMILES string of the molecule is COC(=O)CC1Oc2ccc(C)cc2N(Cc2nc3ccc(F)c(F)c3s2)C1=O. The first-order valence-corrected chi connectivity index (χ1v) is 9.58. The number of thiazole rings is 1. The van der Waals surface area contributed by atoms with Crippen LogP contribution in [0, 0.1) is 18.6 Å².